The van der Waals surface area contributed by atoms with Gasteiger partial charge in [0.25, 0.3) is 0 Å². The van der Waals surface area contributed by atoms with Gasteiger partial charge in [0.15, 0.2) is 0 Å². The van der Waals surface area contributed by atoms with Crippen molar-refractivity contribution in [2.45, 2.75) is 32.6 Å². The number of aliphatic hydroxyl groups is 2. The molecule has 0 amide bonds. The Bertz CT molecular complexity index is 1380. The van der Waals surface area contributed by atoms with Crippen LogP contribution in [0.25, 0.3) is 32.6 Å². The van der Waals surface area contributed by atoms with Crippen LogP contribution < -0.4 is 0 Å². The zero-order valence-electron chi connectivity index (χ0n) is 18.0. The second-order valence-electron chi connectivity index (χ2n) is 7.85. The van der Waals surface area contributed by atoms with Crippen molar-refractivity contribution in [2.75, 3.05) is 0 Å². The molecule has 0 aliphatic rings. The van der Waals surface area contributed by atoms with Crippen molar-refractivity contribution in [1.82, 2.24) is 9.97 Å². The minimum atomic E-state index is -4.85. The summed E-state index contributed by atoms with van der Waals surface area (Å²) in [6.07, 6.45) is -8.07. The van der Waals surface area contributed by atoms with Crippen LogP contribution in [0.5, 0.6) is 0 Å². The molecule has 2 N–H and O–H groups in total. The van der Waals surface area contributed by atoms with Crippen molar-refractivity contribution in [1.29, 1.82) is 0 Å². The lowest BCUT2D eigenvalue weighted by Gasteiger charge is -2.06. The summed E-state index contributed by atoms with van der Waals surface area (Å²) in [6, 6.07) is 7.34. The van der Waals surface area contributed by atoms with Gasteiger partial charge in [-0.1, -0.05) is 12.1 Å². The fourth-order valence-corrected chi connectivity index (χ4v) is 5.63. The maximum Gasteiger partial charge on any atom is 0.448 e. The lowest BCUT2D eigenvalue weighted by molar-refractivity contribution is -0.119. The van der Waals surface area contributed by atoms with E-state index in [1.165, 1.54) is 0 Å². The minimum absolute atomic E-state index is 0.0275. The van der Waals surface area contributed by atoms with Gasteiger partial charge in [-0.2, -0.15) is 26.3 Å². The van der Waals surface area contributed by atoms with E-state index >= 15 is 0 Å². The average molecular weight is 531 g/mol. The lowest BCUT2D eigenvalue weighted by Crippen LogP contribution is -2.10. The topological polar surface area (TPSA) is 66.2 Å². The summed E-state index contributed by atoms with van der Waals surface area (Å²) in [7, 11) is 0. The molecule has 0 aliphatic heterocycles. The molecule has 0 radical (unpaired) electrons. The van der Waals surface area contributed by atoms with E-state index in [0.29, 0.717) is 39.0 Å². The van der Waals surface area contributed by atoms with Gasteiger partial charge in [0.1, 0.15) is 10.0 Å². The Morgan fingerprint density at radius 3 is 1.46 bits per heavy atom. The number of allylic oxidation sites excluding steroid dienone is 2. The highest BCUT2D eigenvalue weighted by molar-refractivity contribution is 7.19. The van der Waals surface area contributed by atoms with E-state index in [1.54, 1.807) is 13.8 Å². The zero-order chi connectivity index (χ0) is 25.7. The van der Waals surface area contributed by atoms with E-state index in [-0.39, 0.29) is 10.0 Å². The Hall–Kier alpha value is -3.12. The molecule has 184 valence electrons. The largest absolute Gasteiger partial charge is 0.504 e. The Labute approximate surface area is 202 Å². The SMILES string of the molecule is Cc1cc(Cc2cc(C)c3nc(C=C(O)C(F)(F)F)sc3c2)cc2sc(C=C(O)C(F)(F)F)nc12. The van der Waals surface area contributed by atoms with Crippen molar-refractivity contribution in [3.05, 3.63) is 68.1 Å². The van der Waals surface area contributed by atoms with E-state index in [2.05, 4.69) is 9.97 Å². The molecule has 4 rings (SSSR count). The standard InChI is InChI=1S/C23H16F6N2O2S2/c1-10-3-12(6-14-20(10)30-18(34-14)8-16(32)22(24,25)26)5-13-4-11(2)21-15(7-13)35-19(31-21)9-17(33)23(27,28)29/h3-4,6-9,32-33H,5H2,1-2H3. The molecular weight excluding hydrogens is 514 g/mol. The van der Waals surface area contributed by atoms with Crippen LogP contribution in [-0.4, -0.2) is 32.5 Å². The van der Waals surface area contributed by atoms with E-state index in [1.807, 2.05) is 24.3 Å². The van der Waals surface area contributed by atoms with Crippen LogP contribution >= 0.6 is 22.7 Å². The number of halogens is 6. The molecule has 0 atom stereocenters. The number of hydrogen-bond acceptors (Lipinski definition) is 6. The number of thiazole rings is 2. The molecule has 4 aromatic rings. The van der Waals surface area contributed by atoms with Crippen LogP contribution in [0, 0.1) is 13.8 Å². The number of aromatic nitrogens is 2. The first-order chi connectivity index (χ1) is 16.2. The predicted octanol–water partition coefficient (Wildman–Crippen LogP) is 8.04. The van der Waals surface area contributed by atoms with Crippen LogP contribution in [-0.2, 0) is 6.42 Å². The fourth-order valence-electron chi connectivity index (χ4n) is 3.53. The lowest BCUT2D eigenvalue weighted by atomic mass is 10.0. The van der Waals surface area contributed by atoms with Gasteiger partial charge in [0.2, 0.25) is 11.5 Å². The summed E-state index contributed by atoms with van der Waals surface area (Å²) in [4.78, 5) is 8.36. The van der Waals surface area contributed by atoms with Crippen molar-refractivity contribution in [3.63, 3.8) is 0 Å². The smallest absolute Gasteiger partial charge is 0.448 e. The molecule has 2 aromatic heterocycles. The van der Waals surface area contributed by atoms with Gasteiger partial charge in [-0.3, -0.25) is 0 Å². The number of nitrogens with zero attached hydrogens (tertiary/aromatic N) is 2. The van der Waals surface area contributed by atoms with Crippen molar-refractivity contribution < 1.29 is 36.6 Å². The second kappa shape index (κ2) is 8.83. The Morgan fingerprint density at radius 1 is 0.743 bits per heavy atom. The summed E-state index contributed by atoms with van der Waals surface area (Å²) < 4.78 is 77.1. The number of fused-ring (bicyclic) bond motifs is 2. The third-order valence-corrected chi connectivity index (χ3v) is 6.93. The summed E-state index contributed by atoms with van der Waals surface area (Å²) in [5.74, 6) is -3.44. The fraction of sp³-hybridized carbons (Fsp3) is 0.217. The Morgan fingerprint density at radius 2 is 1.11 bits per heavy atom. The van der Waals surface area contributed by atoms with E-state index in [0.717, 1.165) is 44.9 Å². The molecule has 4 nitrogen and oxygen atoms in total. The summed E-state index contributed by atoms with van der Waals surface area (Å²) in [5.41, 5.74) is 4.32. The molecule has 12 heteroatoms. The molecule has 2 heterocycles. The Balaban J connectivity index is 1.66. The number of hydrogen-bond donors (Lipinski definition) is 2. The van der Waals surface area contributed by atoms with Gasteiger partial charge in [-0.15, -0.1) is 22.7 Å². The quantitative estimate of drug-likeness (QED) is 0.207. The van der Waals surface area contributed by atoms with Crippen LogP contribution in [0.2, 0.25) is 0 Å². The molecule has 0 unspecified atom stereocenters. The monoisotopic (exact) mass is 530 g/mol. The van der Waals surface area contributed by atoms with Gasteiger partial charge in [-0.05, 0) is 54.7 Å². The summed E-state index contributed by atoms with van der Waals surface area (Å²) >= 11 is 2.04. The summed E-state index contributed by atoms with van der Waals surface area (Å²) in [5, 5.41) is 18.5. The molecule has 0 spiro atoms. The maximum absolute atomic E-state index is 12.6. The van der Waals surface area contributed by atoms with Crippen molar-refractivity contribution in [2.24, 2.45) is 0 Å². The van der Waals surface area contributed by atoms with E-state index in [9.17, 15) is 36.6 Å². The Kier molecular flexibility index (Phi) is 6.30. The highest BCUT2D eigenvalue weighted by Gasteiger charge is 2.34. The third kappa shape index (κ3) is 5.43. The van der Waals surface area contributed by atoms with Crippen LogP contribution in [0.1, 0.15) is 32.3 Å². The molecule has 2 aromatic carbocycles. The number of aliphatic hydroxyl groups excluding tert-OH is 2. The van der Waals surface area contributed by atoms with Crippen LogP contribution in [0.15, 0.2) is 35.8 Å². The summed E-state index contributed by atoms with van der Waals surface area (Å²) in [6.45, 7) is 3.57. The highest BCUT2D eigenvalue weighted by atomic mass is 32.1. The van der Waals surface area contributed by atoms with E-state index < -0.39 is 23.9 Å². The van der Waals surface area contributed by atoms with Crippen molar-refractivity contribution >= 4 is 55.3 Å². The van der Waals surface area contributed by atoms with Crippen LogP contribution in [0.4, 0.5) is 26.3 Å². The van der Waals surface area contributed by atoms with E-state index in [4.69, 9.17) is 0 Å². The van der Waals surface area contributed by atoms with Crippen LogP contribution in [0.3, 0.4) is 0 Å². The number of aryl methyl sites for hydroxylation is 2. The molecule has 0 saturated carbocycles. The zero-order valence-corrected chi connectivity index (χ0v) is 19.7. The average Bonchev–Trinajstić information content (AvgIpc) is 3.30. The molecule has 0 saturated heterocycles. The van der Waals surface area contributed by atoms with Gasteiger partial charge in [0, 0.05) is 12.2 Å². The predicted molar refractivity (Wildman–Crippen MR) is 125 cm³/mol. The van der Waals surface area contributed by atoms with Gasteiger partial charge in [0.05, 0.1) is 20.4 Å². The number of benzene rings is 2. The third-order valence-electron chi connectivity index (χ3n) is 5.03. The van der Waals surface area contributed by atoms with Crippen molar-refractivity contribution in [3.8, 4) is 0 Å². The first-order valence-electron chi connectivity index (χ1n) is 9.96. The first-order valence-corrected chi connectivity index (χ1v) is 11.6. The second-order valence-corrected chi connectivity index (χ2v) is 9.98. The van der Waals surface area contributed by atoms with Gasteiger partial charge in [-0.25, -0.2) is 9.97 Å². The minimum Gasteiger partial charge on any atom is -0.504 e. The van der Waals surface area contributed by atoms with Gasteiger partial charge >= 0.3 is 12.4 Å². The van der Waals surface area contributed by atoms with Gasteiger partial charge < -0.3 is 10.2 Å². The molecule has 35 heavy (non-hydrogen) atoms. The first kappa shape index (κ1) is 25.0. The number of alkyl halides is 6. The molecular formula is C23H16F6N2O2S2. The molecule has 0 fully saturated rings. The maximum atomic E-state index is 12.6. The molecule has 0 bridgehead atoms. The number of rotatable bonds is 4. The highest BCUT2D eigenvalue weighted by Crippen LogP contribution is 2.33. The normalized spacial score (nSPS) is 13.8. The molecule has 0 aliphatic carbocycles.